The van der Waals surface area contributed by atoms with Crippen LogP contribution in [-0.4, -0.2) is 85.0 Å². The van der Waals surface area contributed by atoms with Crippen LogP contribution in [0.5, 0.6) is 0 Å². The van der Waals surface area contributed by atoms with Crippen molar-refractivity contribution in [2.75, 3.05) is 55.7 Å². The Morgan fingerprint density at radius 1 is 1.23 bits per heavy atom. The van der Waals surface area contributed by atoms with Gasteiger partial charge in [0.05, 0.1) is 17.9 Å². The number of benzene rings is 1. The second kappa shape index (κ2) is 8.31. The first-order chi connectivity index (χ1) is 14.8. The molecule has 1 aromatic carbocycles. The maximum absolute atomic E-state index is 14.9. The highest BCUT2D eigenvalue weighted by Crippen LogP contribution is 2.36. The van der Waals surface area contributed by atoms with Crippen LogP contribution in [0, 0.1) is 22.9 Å². The van der Waals surface area contributed by atoms with Gasteiger partial charge in [-0.1, -0.05) is 0 Å². The van der Waals surface area contributed by atoms with Gasteiger partial charge in [-0.05, 0) is 18.2 Å². The van der Waals surface area contributed by atoms with E-state index >= 15 is 0 Å². The van der Waals surface area contributed by atoms with E-state index in [2.05, 4.69) is 0 Å². The quantitative estimate of drug-likeness (QED) is 0.665. The normalized spacial score (nSPS) is 25.1. The lowest BCUT2D eigenvalue weighted by atomic mass is 10.0. The molecule has 3 fully saturated rings. The first-order valence-electron chi connectivity index (χ1n) is 10.1. The lowest BCUT2D eigenvalue weighted by Crippen LogP contribution is -2.35. The number of nitrogens with zero attached hydrogens (tertiary/aromatic N) is 4. The fraction of sp³-hybridized carbons (Fsp3) is 0.550. The molecule has 31 heavy (non-hydrogen) atoms. The molecule has 0 aliphatic carbocycles. The van der Waals surface area contributed by atoms with Gasteiger partial charge in [0.1, 0.15) is 18.5 Å². The monoisotopic (exact) mass is 435 g/mol. The highest BCUT2D eigenvalue weighted by atomic mass is 19.1. The third-order valence-electron chi connectivity index (χ3n) is 6.15. The van der Waals surface area contributed by atoms with Crippen molar-refractivity contribution in [1.29, 1.82) is 0 Å². The number of hydroxylamine groups is 2. The number of amides is 3. The predicted molar refractivity (Wildman–Crippen MR) is 108 cm³/mol. The number of likely N-dealkylation sites (tertiary alicyclic amines) is 1. The number of hydrogen-bond donors (Lipinski definition) is 1. The van der Waals surface area contributed by atoms with Crippen LogP contribution >= 0.6 is 0 Å². The van der Waals surface area contributed by atoms with Crippen molar-refractivity contribution < 1.29 is 28.6 Å². The molecule has 168 valence electrons. The summed E-state index contributed by atoms with van der Waals surface area (Å²) in [5, 5.41) is 20.8. The molecule has 0 bridgehead atoms. The van der Waals surface area contributed by atoms with Crippen molar-refractivity contribution in [3.63, 3.8) is 0 Å². The number of ether oxygens (including phenoxy) is 1. The Labute approximate surface area is 178 Å². The summed E-state index contributed by atoms with van der Waals surface area (Å²) in [5.41, 5.74) is 0.734. The Hall–Kier alpha value is -2.92. The summed E-state index contributed by atoms with van der Waals surface area (Å²) in [5.74, 6) is -0.994. The minimum atomic E-state index is -0.779. The highest BCUT2D eigenvalue weighted by molar-refractivity contribution is 5.90. The van der Waals surface area contributed by atoms with Crippen LogP contribution in [0.2, 0.25) is 0 Å². The molecule has 3 aliphatic heterocycles. The van der Waals surface area contributed by atoms with E-state index in [0.29, 0.717) is 37.6 Å². The molecular formula is C20H24FN4O6-. The Bertz CT molecular complexity index is 884. The maximum Gasteiger partial charge on any atom is 0.414 e. The van der Waals surface area contributed by atoms with E-state index in [-0.39, 0.29) is 35.9 Å². The Morgan fingerprint density at radius 3 is 2.48 bits per heavy atom. The number of aliphatic hydroxyl groups is 1. The standard InChI is InChI=1S/C20H24FN4O6/c1-12(27)25(30)10-16-9-24(20(29)31-16)15-2-3-18(17(21)4-15)22-5-13-7-23(19(28)11-26)8-14(13)6-22/h2-4,13-14,16,26H,5-11H2,1H3/q-1/t13-,14+,16?. The van der Waals surface area contributed by atoms with Gasteiger partial charge in [0.2, 0.25) is 11.8 Å². The topological polar surface area (TPSA) is 117 Å². The van der Waals surface area contributed by atoms with Crippen molar-refractivity contribution in [2.24, 2.45) is 11.8 Å². The number of anilines is 2. The molecule has 3 saturated heterocycles. The van der Waals surface area contributed by atoms with Crippen molar-refractivity contribution in [3.05, 3.63) is 29.2 Å². The summed E-state index contributed by atoms with van der Waals surface area (Å²) in [4.78, 5) is 39.7. The smallest absolute Gasteiger partial charge is 0.414 e. The fourth-order valence-electron chi connectivity index (χ4n) is 4.55. The lowest BCUT2D eigenvalue weighted by Gasteiger charge is -2.28. The molecule has 3 atom stereocenters. The Kier molecular flexibility index (Phi) is 5.71. The van der Waals surface area contributed by atoms with Gasteiger partial charge in [-0.2, -0.15) is 0 Å². The lowest BCUT2D eigenvalue weighted by molar-refractivity contribution is -0.133. The molecule has 1 N–H and O–H groups in total. The molecule has 11 heteroatoms. The van der Waals surface area contributed by atoms with E-state index in [1.807, 2.05) is 4.90 Å². The van der Waals surface area contributed by atoms with E-state index < -0.39 is 30.5 Å². The van der Waals surface area contributed by atoms with E-state index in [9.17, 15) is 24.0 Å². The average Bonchev–Trinajstić information content (AvgIpc) is 3.40. The molecule has 0 saturated carbocycles. The largest absolute Gasteiger partial charge is 0.756 e. The molecule has 0 spiro atoms. The summed E-state index contributed by atoms with van der Waals surface area (Å²) in [6.07, 6.45) is -1.47. The molecule has 1 unspecified atom stereocenters. The Balaban J connectivity index is 1.40. The number of cyclic esters (lactones) is 1. The van der Waals surface area contributed by atoms with Gasteiger partial charge < -0.3 is 29.9 Å². The number of carbonyl (C=O) groups excluding carboxylic acids is 3. The van der Waals surface area contributed by atoms with Gasteiger partial charge in [0.25, 0.3) is 0 Å². The predicted octanol–water partition coefficient (Wildman–Crippen LogP) is 0.384. The van der Waals surface area contributed by atoms with Crippen LogP contribution in [0.25, 0.3) is 0 Å². The van der Waals surface area contributed by atoms with Crippen LogP contribution in [0.3, 0.4) is 0 Å². The van der Waals surface area contributed by atoms with Crippen LogP contribution in [-0.2, 0) is 14.3 Å². The number of rotatable bonds is 5. The van der Waals surface area contributed by atoms with Crippen molar-refractivity contribution in [2.45, 2.75) is 13.0 Å². The number of hydrogen-bond acceptors (Lipinski definition) is 7. The minimum Gasteiger partial charge on any atom is -0.756 e. The highest BCUT2D eigenvalue weighted by Gasteiger charge is 2.42. The number of halogens is 1. The molecule has 0 aromatic heterocycles. The first kappa shape index (κ1) is 21.3. The molecule has 4 rings (SSSR count). The van der Waals surface area contributed by atoms with Gasteiger partial charge in [0, 0.05) is 51.5 Å². The first-order valence-corrected chi connectivity index (χ1v) is 10.1. The maximum atomic E-state index is 14.9. The third kappa shape index (κ3) is 4.15. The SMILES string of the molecule is CC(=O)N([O-])CC1CN(c2ccc(N3C[C@H]4CN(C(=O)CO)C[C@H]4C3)c(F)c2)C(=O)O1. The molecule has 3 amide bonds. The summed E-state index contributed by atoms with van der Waals surface area (Å²) in [7, 11) is 0. The molecular weight excluding hydrogens is 411 g/mol. The van der Waals surface area contributed by atoms with Crippen LogP contribution in [0.1, 0.15) is 6.92 Å². The molecule has 10 nitrogen and oxygen atoms in total. The zero-order valence-corrected chi connectivity index (χ0v) is 17.1. The zero-order valence-electron chi connectivity index (χ0n) is 17.1. The van der Waals surface area contributed by atoms with E-state index in [4.69, 9.17) is 9.84 Å². The van der Waals surface area contributed by atoms with Crippen LogP contribution in [0.4, 0.5) is 20.6 Å². The van der Waals surface area contributed by atoms with Gasteiger partial charge >= 0.3 is 6.09 Å². The van der Waals surface area contributed by atoms with Crippen molar-refractivity contribution in [1.82, 2.24) is 9.96 Å². The molecule has 3 aliphatic rings. The summed E-state index contributed by atoms with van der Waals surface area (Å²) in [6.45, 7) is 2.72. The van der Waals surface area contributed by atoms with Gasteiger partial charge in [0.15, 0.2) is 0 Å². The van der Waals surface area contributed by atoms with E-state index in [1.165, 1.54) is 11.0 Å². The summed E-state index contributed by atoms with van der Waals surface area (Å²) in [6, 6.07) is 4.49. The zero-order chi connectivity index (χ0) is 22.3. The van der Waals surface area contributed by atoms with Crippen molar-refractivity contribution in [3.8, 4) is 0 Å². The second-order valence-corrected chi connectivity index (χ2v) is 8.21. The van der Waals surface area contributed by atoms with Gasteiger partial charge in [-0.15, -0.1) is 0 Å². The molecule has 3 heterocycles. The van der Waals surface area contributed by atoms with Gasteiger partial charge in [-0.3, -0.25) is 14.5 Å². The van der Waals surface area contributed by atoms with Crippen molar-refractivity contribution >= 4 is 29.3 Å². The number of fused-ring (bicyclic) bond motifs is 1. The minimum absolute atomic E-state index is 0.0478. The molecule has 1 aromatic rings. The fourth-order valence-corrected chi connectivity index (χ4v) is 4.55. The second-order valence-electron chi connectivity index (χ2n) is 8.21. The molecule has 0 radical (unpaired) electrons. The third-order valence-corrected chi connectivity index (χ3v) is 6.15. The Morgan fingerprint density at radius 2 is 1.90 bits per heavy atom. The van der Waals surface area contributed by atoms with Crippen LogP contribution < -0.4 is 9.80 Å². The van der Waals surface area contributed by atoms with E-state index in [1.54, 1.807) is 17.0 Å². The summed E-state index contributed by atoms with van der Waals surface area (Å²) >= 11 is 0. The summed E-state index contributed by atoms with van der Waals surface area (Å²) < 4.78 is 20.0. The van der Waals surface area contributed by atoms with Crippen LogP contribution in [0.15, 0.2) is 18.2 Å². The average molecular weight is 435 g/mol. The number of aliphatic hydroxyl groups excluding tert-OH is 1. The number of carbonyl (C=O) groups is 3. The van der Waals surface area contributed by atoms with Gasteiger partial charge in [-0.25, -0.2) is 9.18 Å². The van der Waals surface area contributed by atoms with E-state index in [0.717, 1.165) is 6.92 Å².